The third kappa shape index (κ3) is 5.07. The van der Waals surface area contributed by atoms with E-state index in [2.05, 4.69) is 0 Å². The fraction of sp³-hybridized carbons (Fsp3) is 0.417. The quantitative estimate of drug-likeness (QED) is 0.469. The van der Waals surface area contributed by atoms with Gasteiger partial charge in [-0.15, -0.1) is 0 Å². The molecule has 0 amide bonds. The van der Waals surface area contributed by atoms with E-state index in [9.17, 15) is 4.79 Å². The van der Waals surface area contributed by atoms with Crippen LogP contribution in [0.4, 0.5) is 5.69 Å². The summed E-state index contributed by atoms with van der Waals surface area (Å²) in [6, 6.07) is 7.55. The van der Waals surface area contributed by atoms with Crippen molar-refractivity contribution in [3.8, 4) is 0 Å². The Morgan fingerprint density at radius 3 is 2.69 bits per heavy atom. The van der Waals surface area contributed by atoms with Crippen LogP contribution in [0.1, 0.15) is 12.0 Å². The summed E-state index contributed by atoms with van der Waals surface area (Å²) in [6.45, 7) is 0.502. The molecule has 0 aliphatic heterocycles. The zero-order valence-corrected chi connectivity index (χ0v) is 10.3. The number of rotatable bonds is 6. The van der Waals surface area contributed by atoms with Crippen molar-refractivity contribution < 1.29 is 9.53 Å². The molecule has 1 rings (SSSR count). The fourth-order valence-corrected chi connectivity index (χ4v) is 1.49. The summed E-state index contributed by atoms with van der Waals surface area (Å²) in [5.74, 6) is 0.721. The number of thioether (sulfide) groups is 1. The van der Waals surface area contributed by atoms with E-state index in [1.807, 2.05) is 30.5 Å². The molecule has 0 fully saturated rings. The molecule has 3 nitrogen and oxygen atoms in total. The highest BCUT2D eigenvalue weighted by Gasteiger charge is 2.03. The lowest BCUT2D eigenvalue weighted by atomic mass is 10.1. The molecule has 0 spiro atoms. The molecule has 0 radical (unpaired) electrons. The Hall–Kier alpha value is -1.16. The van der Waals surface area contributed by atoms with Crippen molar-refractivity contribution in [2.24, 2.45) is 0 Å². The molecule has 0 aliphatic carbocycles. The van der Waals surface area contributed by atoms with Crippen LogP contribution >= 0.6 is 11.8 Å². The van der Waals surface area contributed by atoms with Gasteiger partial charge in [0.05, 0.1) is 0 Å². The van der Waals surface area contributed by atoms with Gasteiger partial charge in [0, 0.05) is 17.9 Å². The molecule has 0 aromatic heterocycles. The molecule has 88 valence electrons. The van der Waals surface area contributed by atoms with Gasteiger partial charge in [0.1, 0.15) is 6.61 Å². The summed E-state index contributed by atoms with van der Waals surface area (Å²) in [7, 11) is 0. The minimum Gasteiger partial charge on any atom is -0.465 e. The monoisotopic (exact) mass is 239 g/mol. The Kier molecular flexibility index (Phi) is 5.78. The number of benzene rings is 1. The average molecular weight is 239 g/mol. The second kappa shape index (κ2) is 7.17. The Labute approximate surface area is 100 Å². The summed E-state index contributed by atoms with van der Waals surface area (Å²) in [5.41, 5.74) is 7.42. The van der Waals surface area contributed by atoms with E-state index in [0.29, 0.717) is 19.4 Å². The van der Waals surface area contributed by atoms with Crippen molar-refractivity contribution in [2.45, 2.75) is 12.8 Å². The number of hydrogen-bond acceptors (Lipinski definition) is 4. The molecule has 0 atom stereocenters. The van der Waals surface area contributed by atoms with Crippen LogP contribution in [-0.2, 0) is 16.0 Å². The third-order valence-electron chi connectivity index (χ3n) is 2.15. The molecule has 0 saturated carbocycles. The van der Waals surface area contributed by atoms with Crippen LogP contribution in [0.2, 0.25) is 0 Å². The first-order chi connectivity index (χ1) is 7.72. The summed E-state index contributed by atoms with van der Waals surface area (Å²) < 4.78 is 5.04. The largest absolute Gasteiger partial charge is 0.465 e. The van der Waals surface area contributed by atoms with E-state index in [1.165, 1.54) is 0 Å². The van der Waals surface area contributed by atoms with Gasteiger partial charge in [0.25, 0.3) is 0 Å². The van der Waals surface area contributed by atoms with Gasteiger partial charge < -0.3 is 10.5 Å². The van der Waals surface area contributed by atoms with E-state index in [1.54, 1.807) is 11.8 Å². The fourth-order valence-electron chi connectivity index (χ4n) is 1.24. The Morgan fingerprint density at radius 2 is 2.06 bits per heavy atom. The topological polar surface area (TPSA) is 52.3 Å². The van der Waals surface area contributed by atoms with Gasteiger partial charge in [-0.05, 0) is 30.4 Å². The van der Waals surface area contributed by atoms with Gasteiger partial charge >= 0.3 is 5.97 Å². The Balaban J connectivity index is 2.23. The molecule has 1 aromatic carbocycles. The maximum absolute atomic E-state index is 11.3. The minimum absolute atomic E-state index is 0.133. The summed E-state index contributed by atoms with van der Waals surface area (Å²) >= 11 is 1.67. The predicted octanol–water partition coefficient (Wildman–Crippen LogP) is 2.11. The van der Waals surface area contributed by atoms with Crippen LogP contribution in [0.5, 0.6) is 0 Å². The van der Waals surface area contributed by atoms with E-state index < -0.39 is 0 Å². The van der Waals surface area contributed by atoms with Crippen molar-refractivity contribution in [1.29, 1.82) is 0 Å². The summed E-state index contributed by atoms with van der Waals surface area (Å²) in [6.07, 6.45) is 3.12. The molecule has 1 aromatic rings. The number of aryl methyl sites for hydroxylation is 1. The average Bonchev–Trinajstić information content (AvgIpc) is 2.29. The predicted molar refractivity (Wildman–Crippen MR) is 68.5 cm³/mol. The number of carbonyl (C=O) groups excluding carboxylic acids is 1. The maximum atomic E-state index is 11.3. The molecule has 0 heterocycles. The van der Waals surface area contributed by atoms with E-state index in [-0.39, 0.29) is 5.97 Å². The number of hydrogen-bond donors (Lipinski definition) is 1. The highest BCUT2D eigenvalue weighted by atomic mass is 32.2. The van der Waals surface area contributed by atoms with Gasteiger partial charge in [0.15, 0.2) is 0 Å². The molecule has 0 aliphatic rings. The molecular weight excluding hydrogens is 222 g/mol. The first kappa shape index (κ1) is 12.9. The first-order valence-electron chi connectivity index (χ1n) is 5.21. The van der Waals surface area contributed by atoms with Crippen molar-refractivity contribution in [2.75, 3.05) is 24.3 Å². The summed E-state index contributed by atoms with van der Waals surface area (Å²) in [4.78, 5) is 11.3. The van der Waals surface area contributed by atoms with Crippen molar-refractivity contribution in [1.82, 2.24) is 0 Å². The van der Waals surface area contributed by atoms with E-state index >= 15 is 0 Å². The van der Waals surface area contributed by atoms with Gasteiger partial charge in [-0.2, -0.15) is 11.8 Å². The van der Waals surface area contributed by atoms with Crippen molar-refractivity contribution in [3.63, 3.8) is 0 Å². The lowest BCUT2D eigenvalue weighted by Crippen LogP contribution is -2.08. The van der Waals surface area contributed by atoms with Crippen LogP contribution in [0.25, 0.3) is 0 Å². The van der Waals surface area contributed by atoms with Crippen LogP contribution in [0.15, 0.2) is 24.3 Å². The Bertz CT molecular complexity index is 324. The molecule has 0 saturated heterocycles. The normalized spacial score (nSPS) is 10.1. The lowest BCUT2D eigenvalue weighted by molar-refractivity contribution is -0.142. The van der Waals surface area contributed by atoms with E-state index in [0.717, 1.165) is 17.0 Å². The van der Waals surface area contributed by atoms with Crippen LogP contribution in [0.3, 0.4) is 0 Å². The van der Waals surface area contributed by atoms with Gasteiger partial charge in [-0.25, -0.2) is 0 Å². The lowest BCUT2D eigenvalue weighted by Gasteiger charge is -2.04. The molecule has 16 heavy (non-hydrogen) atoms. The smallest absolute Gasteiger partial charge is 0.306 e. The van der Waals surface area contributed by atoms with Crippen LogP contribution in [-0.4, -0.2) is 24.6 Å². The zero-order chi connectivity index (χ0) is 11.8. The highest BCUT2D eigenvalue weighted by molar-refractivity contribution is 7.98. The molecule has 0 unspecified atom stereocenters. The molecular formula is C12H17NO2S. The standard InChI is InChI=1S/C12H17NO2S/c1-16-9-8-15-12(14)7-4-10-2-5-11(13)6-3-10/h2-3,5-6H,4,7-9,13H2,1H3. The van der Waals surface area contributed by atoms with Crippen molar-refractivity contribution >= 4 is 23.4 Å². The van der Waals surface area contributed by atoms with Gasteiger partial charge in [-0.1, -0.05) is 12.1 Å². The summed E-state index contributed by atoms with van der Waals surface area (Å²) in [5, 5.41) is 0. The first-order valence-corrected chi connectivity index (χ1v) is 6.60. The second-order valence-corrected chi connectivity index (χ2v) is 4.44. The van der Waals surface area contributed by atoms with Crippen molar-refractivity contribution in [3.05, 3.63) is 29.8 Å². The maximum Gasteiger partial charge on any atom is 0.306 e. The van der Waals surface area contributed by atoms with Gasteiger partial charge in [0.2, 0.25) is 0 Å². The SMILES string of the molecule is CSCCOC(=O)CCc1ccc(N)cc1. The number of ether oxygens (including phenoxy) is 1. The Morgan fingerprint density at radius 1 is 1.38 bits per heavy atom. The third-order valence-corrected chi connectivity index (χ3v) is 2.72. The molecule has 4 heteroatoms. The second-order valence-electron chi connectivity index (χ2n) is 3.45. The number of nitrogens with two attached hydrogens (primary N) is 1. The molecule has 0 bridgehead atoms. The number of nitrogen functional groups attached to an aromatic ring is 1. The highest BCUT2D eigenvalue weighted by Crippen LogP contribution is 2.08. The number of esters is 1. The van der Waals surface area contributed by atoms with Gasteiger partial charge in [-0.3, -0.25) is 4.79 Å². The van der Waals surface area contributed by atoms with E-state index in [4.69, 9.17) is 10.5 Å². The minimum atomic E-state index is -0.133. The van der Waals surface area contributed by atoms with Crippen LogP contribution in [0, 0.1) is 0 Å². The number of carbonyl (C=O) groups is 1. The van der Waals surface area contributed by atoms with Crippen LogP contribution < -0.4 is 5.73 Å². The zero-order valence-electron chi connectivity index (χ0n) is 9.44. The molecule has 2 N–H and O–H groups in total. The number of anilines is 1.